The minimum Gasteiger partial charge on any atom is -0.318 e. The van der Waals surface area contributed by atoms with E-state index in [1.807, 2.05) is 7.05 Å². The van der Waals surface area contributed by atoms with Gasteiger partial charge >= 0.3 is 0 Å². The number of nitrogens with one attached hydrogen (secondary N) is 4. The summed E-state index contributed by atoms with van der Waals surface area (Å²) in [6.45, 7) is 7.27. The maximum atomic E-state index is 3.33. The van der Waals surface area contributed by atoms with E-state index in [9.17, 15) is 0 Å². The third kappa shape index (κ3) is 9.84. The number of hydrogen-bond acceptors (Lipinski definition) is 4. The second-order valence-electron chi connectivity index (χ2n) is 2.66. The van der Waals surface area contributed by atoms with Crippen molar-refractivity contribution in [1.29, 1.82) is 0 Å². The molecule has 4 nitrogen and oxygen atoms in total. The summed E-state index contributed by atoms with van der Waals surface area (Å²) in [7, 11) is 1.97. The molecule has 0 aliphatic rings. The summed E-state index contributed by atoms with van der Waals surface area (Å²) in [6, 6.07) is 0. The van der Waals surface area contributed by atoms with Crippen LogP contribution in [0.2, 0.25) is 0 Å². The van der Waals surface area contributed by atoms with Gasteiger partial charge in [-0.2, -0.15) is 0 Å². The van der Waals surface area contributed by atoms with E-state index in [0.29, 0.717) is 0 Å². The molecule has 0 saturated carbocycles. The van der Waals surface area contributed by atoms with Gasteiger partial charge in [0, 0.05) is 26.2 Å². The van der Waals surface area contributed by atoms with E-state index in [0.717, 1.165) is 39.1 Å². The summed E-state index contributed by atoms with van der Waals surface area (Å²) in [5, 5.41) is 6.42. The van der Waals surface area contributed by atoms with Crippen LogP contribution in [0.25, 0.3) is 0 Å². The van der Waals surface area contributed by atoms with Crippen molar-refractivity contribution in [3.05, 3.63) is 0 Å². The summed E-state index contributed by atoms with van der Waals surface area (Å²) in [5.74, 6) is 0. The Bertz CT molecular complexity index is 67.5. The Kier molecular flexibility index (Phi) is 10.7. The minimum atomic E-state index is 0.979. The molecule has 4 heteroatoms. The van der Waals surface area contributed by atoms with Gasteiger partial charge in [0.1, 0.15) is 0 Å². The molecule has 0 saturated heterocycles. The molecule has 0 aliphatic carbocycles. The molecule has 0 aromatic heterocycles. The molecule has 74 valence electrons. The Balaban J connectivity index is 2.73. The molecular weight excluding hydrogens is 152 g/mol. The van der Waals surface area contributed by atoms with Crippen LogP contribution in [0.5, 0.6) is 0 Å². The normalized spacial score (nSPS) is 10.5. The predicted octanol–water partition coefficient (Wildman–Crippen LogP) is -0.700. The molecule has 0 heterocycles. The Morgan fingerprint density at radius 3 is 2.42 bits per heavy atom. The zero-order chi connectivity index (χ0) is 9.07. The van der Waals surface area contributed by atoms with Gasteiger partial charge in [-0.05, 0) is 20.0 Å². The average molecular weight is 174 g/mol. The first-order chi connectivity index (χ1) is 5.91. The van der Waals surface area contributed by atoms with E-state index < -0.39 is 0 Å². The van der Waals surface area contributed by atoms with Crippen LogP contribution >= 0.6 is 0 Å². The molecule has 0 spiro atoms. The number of likely N-dealkylation sites (N-methyl/N-ethyl adjacent to an activating group) is 1. The molecule has 0 aromatic carbocycles. The van der Waals surface area contributed by atoms with Crippen LogP contribution in [0.1, 0.15) is 13.3 Å². The van der Waals surface area contributed by atoms with E-state index in [4.69, 9.17) is 0 Å². The fourth-order valence-corrected chi connectivity index (χ4v) is 0.854. The van der Waals surface area contributed by atoms with Crippen LogP contribution in [0.3, 0.4) is 0 Å². The van der Waals surface area contributed by atoms with Crippen molar-refractivity contribution in [2.24, 2.45) is 0 Å². The standard InChI is InChI=1S/C8H22N4/c1-3-11-12-6-4-5-10-8-7-9-2/h9-12H,3-8H2,1-2H3. The third-order valence-electron chi connectivity index (χ3n) is 1.51. The van der Waals surface area contributed by atoms with Crippen molar-refractivity contribution in [3.63, 3.8) is 0 Å². The summed E-state index contributed by atoms with van der Waals surface area (Å²) >= 11 is 0. The molecule has 4 N–H and O–H groups in total. The lowest BCUT2D eigenvalue weighted by atomic mass is 10.4. The maximum absolute atomic E-state index is 3.33. The first kappa shape index (κ1) is 11.8. The summed E-state index contributed by atoms with van der Waals surface area (Å²) in [4.78, 5) is 0. The maximum Gasteiger partial charge on any atom is 0.0112 e. The zero-order valence-corrected chi connectivity index (χ0v) is 8.24. The van der Waals surface area contributed by atoms with Gasteiger partial charge in [-0.3, -0.25) is 10.9 Å². The second kappa shape index (κ2) is 10.8. The molecule has 0 radical (unpaired) electrons. The van der Waals surface area contributed by atoms with Gasteiger partial charge < -0.3 is 10.6 Å². The monoisotopic (exact) mass is 174 g/mol. The quantitative estimate of drug-likeness (QED) is 0.276. The number of hydrazine groups is 1. The van der Waals surface area contributed by atoms with Crippen LogP contribution < -0.4 is 21.5 Å². The fourth-order valence-electron chi connectivity index (χ4n) is 0.854. The highest BCUT2D eigenvalue weighted by Crippen LogP contribution is 1.70. The van der Waals surface area contributed by atoms with E-state index >= 15 is 0 Å². The predicted molar refractivity (Wildman–Crippen MR) is 53.1 cm³/mol. The Hall–Kier alpha value is -0.160. The highest BCUT2D eigenvalue weighted by Gasteiger charge is 1.86. The molecule has 0 atom stereocenters. The van der Waals surface area contributed by atoms with Crippen LogP contribution in [0.15, 0.2) is 0 Å². The first-order valence-corrected chi connectivity index (χ1v) is 4.72. The van der Waals surface area contributed by atoms with Crippen molar-refractivity contribution in [2.75, 3.05) is 39.8 Å². The van der Waals surface area contributed by atoms with Gasteiger partial charge in [0.2, 0.25) is 0 Å². The molecule has 0 amide bonds. The Morgan fingerprint density at radius 2 is 1.75 bits per heavy atom. The molecule has 0 unspecified atom stereocenters. The Morgan fingerprint density at radius 1 is 0.917 bits per heavy atom. The second-order valence-corrected chi connectivity index (χ2v) is 2.66. The van der Waals surface area contributed by atoms with Gasteiger partial charge in [-0.15, -0.1) is 0 Å². The third-order valence-corrected chi connectivity index (χ3v) is 1.51. The zero-order valence-electron chi connectivity index (χ0n) is 8.24. The molecular formula is C8H22N4. The largest absolute Gasteiger partial charge is 0.318 e. The highest BCUT2D eigenvalue weighted by molar-refractivity contribution is 4.50. The van der Waals surface area contributed by atoms with Gasteiger partial charge in [0.15, 0.2) is 0 Å². The molecule has 12 heavy (non-hydrogen) atoms. The molecule has 0 fully saturated rings. The van der Waals surface area contributed by atoms with Crippen molar-refractivity contribution < 1.29 is 0 Å². The summed E-state index contributed by atoms with van der Waals surface area (Å²) in [5.41, 5.74) is 6.18. The van der Waals surface area contributed by atoms with E-state index in [1.165, 1.54) is 0 Å². The summed E-state index contributed by atoms with van der Waals surface area (Å²) in [6.07, 6.45) is 1.16. The highest BCUT2D eigenvalue weighted by atomic mass is 15.3. The first-order valence-electron chi connectivity index (χ1n) is 4.72. The Labute approximate surface area is 75.5 Å². The van der Waals surface area contributed by atoms with Crippen LogP contribution in [-0.4, -0.2) is 39.8 Å². The summed E-state index contributed by atoms with van der Waals surface area (Å²) < 4.78 is 0. The smallest absolute Gasteiger partial charge is 0.0112 e. The van der Waals surface area contributed by atoms with Crippen molar-refractivity contribution in [2.45, 2.75) is 13.3 Å². The molecule has 0 aromatic rings. The topological polar surface area (TPSA) is 48.1 Å². The van der Waals surface area contributed by atoms with E-state index in [-0.39, 0.29) is 0 Å². The van der Waals surface area contributed by atoms with Crippen LogP contribution in [0, 0.1) is 0 Å². The van der Waals surface area contributed by atoms with E-state index in [2.05, 4.69) is 28.4 Å². The van der Waals surface area contributed by atoms with Crippen molar-refractivity contribution >= 4 is 0 Å². The molecule has 0 bridgehead atoms. The number of rotatable bonds is 9. The van der Waals surface area contributed by atoms with Crippen molar-refractivity contribution in [3.8, 4) is 0 Å². The van der Waals surface area contributed by atoms with Crippen LogP contribution in [0.4, 0.5) is 0 Å². The van der Waals surface area contributed by atoms with Crippen LogP contribution in [-0.2, 0) is 0 Å². The number of hydrogen-bond donors (Lipinski definition) is 4. The lowest BCUT2D eigenvalue weighted by molar-refractivity contribution is 0.520. The molecule has 0 aliphatic heterocycles. The van der Waals surface area contributed by atoms with Crippen molar-refractivity contribution in [1.82, 2.24) is 21.5 Å². The van der Waals surface area contributed by atoms with E-state index in [1.54, 1.807) is 0 Å². The van der Waals surface area contributed by atoms with Gasteiger partial charge in [-0.25, -0.2) is 0 Å². The lowest BCUT2D eigenvalue weighted by Crippen LogP contribution is -2.34. The van der Waals surface area contributed by atoms with Gasteiger partial charge in [0.05, 0.1) is 0 Å². The fraction of sp³-hybridized carbons (Fsp3) is 1.00. The van der Waals surface area contributed by atoms with Gasteiger partial charge in [0.25, 0.3) is 0 Å². The SMILES string of the molecule is CCNNCCCNCCNC. The van der Waals surface area contributed by atoms with Gasteiger partial charge in [-0.1, -0.05) is 6.92 Å². The molecule has 0 rings (SSSR count). The minimum absolute atomic E-state index is 0.979. The lowest BCUT2D eigenvalue weighted by Gasteiger charge is -2.05. The average Bonchev–Trinajstić information content (AvgIpc) is 2.10.